The van der Waals surface area contributed by atoms with Gasteiger partial charge in [0.2, 0.25) is 0 Å². The Morgan fingerprint density at radius 2 is 2.50 bits per heavy atom. The van der Waals surface area contributed by atoms with Crippen molar-refractivity contribution in [2.24, 2.45) is 5.92 Å². The Balaban J connectivity index is 2.29. The lowest BCUT2D eigenvalue weighted by molar-refractivity contribution is 0.0438. The largest absolute Gasteiger partial charge is 0.381 e. The molecular weight excluding hydrogens is 170 g/mol. The Kier molecular flexibility index (Phi) is 5.04. The van der Waals surface area contributed by atoms with Gasteiger partial charge in [0.25, 0.3) is 0 Å². The first-order valence-electron chi connectivity index (χ1n) is 4.62. The van der Waals surface area contributed by atoms with Gasteiger partial charge in [0, 0.05) is 18.4 Å². The highest BCUT2D eigenvalue weighted by Crippen LogP contribution is 2.19. The fourth-order valence-electron chi connectivity index (χ4n) is 1.72. The van der Waals surface area contributed by atoms with Crippen LogP contribution in [0, 0.1) is 5.92 Å². The summed E-state index contributed by atoms with van der Waals surface area (Å²) in [6.07, 6.45) is 4.72. The van der Waals surface area contributed by atoms with Crippen LogP contribution in [0.5, 0.6) is 0 Å². The lowest BCUT2D eigenvalue weighted by atomic mass is 9.95. The lowest BCUT2D eigenvalue weighted by Gasteiger charge is -2.29. The van der Waals surface area contributed by atoms with Gasteiger partial charge in [-0.15, -0.1) is 0 Å². The Labute approximate surface area is 79.4 Å². The van der Waals surface area contributed by atoms with Crippen LogP contribution in [0.3, 0.4) is 0 Å². The van der Waals surface area contributed by atoms with E-state index in [1.165, 1.54) is 18.6 Å². The average Bonchev–Trinajstić information content (AvgIpc) is 2.15. The fourth-order valence-corrected chi connectivity index (χ4v) is 2.52. The van der Waals surface area contributed by atoms with Gasteiger partial charge in [0.15, 0.2) is 0 Å². The highest BCUT2D eigenvalue weighted by Gasteiger charge is 2.21. The summed E-state index contributed by atoms with van der Waals surface area (Å²) in [6, 6.07) is 0.639. The van der Waals surface area contributed by atoms with E-state index >= 15 is 0 Å². The normalized spacial score (nSPS) is 27.0. The molecule has 0 spiro atoms. The molecule has 72 valence electrons. The zero-order valence-electron chi connectivity index (χ0n) is 8.01. The Hall–Kier alpha value is 0.270. The van der Waals surface area contributed by atoms with E-state index < -0.39 is 0 Å². The second-order valence-corrected chi connectivity index (χ2v) is 4.24. The van der Waals surface area contributed by atoms with E-state index in [-0.39, 0.29) is 0 Å². The van der Waals surface area contributed by atoms with Crippen LogP contribution in [0.15, 0.2) is 0 Å². The van der Waals surface area contributed by atoms with E-state index in [9.17, 15) is 0 Å². The molecule has 2 unspecified atom stereocenters. The van der Waals surface area contributed by atoms with E-state index in [4.69, 9.17) is 4.74 Å². The summed E-state index contributed by atoms with van der Waals surface area (Å²) in [7, 11) is 2.05. The Morgan fingerprint density at radius 3 is 3.00 bits per heavy atom. The van der Waals surface area contributed by atoms with Crippen LogP contribution >= 0.6 is 11.8 Å². The van der Waals surface area contributed by atoms with Crippen molar-refractivity contribution >= 4 is 11.8 Å². The van der Waals surface area contributed by atoms with Crippen molar-refractivity contribution in [2.75, 3.05) is 32.3 Å². The molecule has 0 saturated carbocycles. The van der Waals surface area contributed by atoms with Gasteiger partial charge in [-0.2, -0.15) is 11.8 Å². The monoisotopic (exact) mass is 189 g/mol. The predicted molar refractivity (Wildman–Crippen MR) is 54.8 cm³/mol. The fraction of sp³-hybridized carbons (Fsp3) is 1.00. The third kappa shape index (κ3) is 2.96. The minimum atomic E-state index is 0.639. The number of nitrogens with one attached hydrogen (secondary N) is 1. The molecule has 0 aromatic heterocycles. The molecule has 1 N–H and O–H groups in total. The van der Waals surface area contributed by atoms with Crippen molar-refractivity contribution in [3.63, 3.8) is 0 Å². The quantitative estimate of drug-likeness (QED) is 0.721. The van der Waals surface area contributed by atoms with E-state index in [0.29, 0.717) is 6.04 Å². The van der Waals surface area contributed by atoms with Gasteiger partial charge in [-0.05, 0) is 32.1 Å². The minimum Gasteiger partial charge on any atom is -0.381 e. The topological polar surface area (TPSA) is 21.3 Å². The summed E-state index contributed by atoms with van der Waals surface area (Å²) >= 11 is 1.91. The number of hydrogen-bond acceptors (Lipinski definition) is 3. The average molecular weight is 189 g/mol. The molecule has 0 aliphatic carbocycles. The van der Waals surface area contributed by atoms with Crippen molar-refractivity contribution < 1.29 is 4.74 Å². The van der Waals surface area contributed by atoms with E-state index in [1.54, 1.807) is 0 Å². The van der Waals surface area contributed by atoms with Crippen LogP contribution in [0.4, 0.5) is 0 Å². The van der Waals surface area contributed by atoms with Crippen molar-refractivity contribution in [3.8, 4) is 0 Å². The number of rotatable bonds is 4. The Morgan fingerprint density at radius 1 is 1.67 bits per heavy atom. The summed E-state index contributed by atoms with van der Waals surface area (Å²) in [5.41, 5.74) is 0. The molecule has 1 aliphatic rings. The molecule has 2 nitrogen and oxygen atoms in total. The second kappa shape index (κ2) is 5.84. The van der Waals surface area contributed by atoms with Gasteiger partial charge in [-0.1, -0.05) is 0 Å². The van der Waals surface area contributed by atoms with Crippen LogP contribution in [0.2, 0.25) is 0 Å². The molecule has 1 rings (SSSR count). The summed E-state index contributed by atoms with van der Waals surface area (Å²) < 4.78 is 5.46. The molecule has 0 bridgehead atoms. The predicted octanol–water partition coefficient (Wildman–Crippen LogP) is 1.36. The van der Waals surface area contributed by atoms with E-state index in [0.717, 1.165) is 19.1 Å². The van der Waals surface area contributed by atoms with Gasteiger partial charge in [0.05, 0.1) is 6.61 Å². The Bertz CT molecular complexity index is 112. The summed E-state index contributed by atoms with van der Waals surface area (Å²) in [6.45, 7) is 1.91. The maximum atomic E-state index is 5.46. The zero-order valence-corrected chi connectivity index (χ0v) is 8.82. The molecule has 0 amide bonds. The number of thioether (sulfide) groups is 1. The molecular formula is C9H19NOS. The minimum absolute atomic E-state index is 0.639. The van der Waals surface area contributed by atoms with Gasteiger partial charge >= 0.3 is 0 Å². The third-order valence-corrected chi connectivity index (χ3v) is 3.17. The molecule has 1 aliphatic heterocycles. The van der Waals surface area contributed by atoms with E-state index in [2.05, 4.69) is 18.6 Å². The number of hydrogen-bond donors (Lipinski definition) is 1. The molecule has 0 aromatic carbocycles. The summed E-state index contributed by atoms with van der Waals surface area (Å²) in [4.78, 5) is 0. The molecule has 1 fully saturated rings. The SMILES string of the molecule is CNC(CSC)C1CCCOC1. The van der Waals surface area contributed by atoms with Crippen LogP contribution in [-0.2, 0) is 4.74 Å². The molecule has 0 aromatic rings. The maximum absolute atomic E-state index is 5.46. The summed E-state index contributed by atoms with van der Waals surface area (Å²) in [5.74, 6) is 1.93. The van der Waals surface area contributed by atoms with E-state index in [1.807, 2.05) is 11.8 Å². The summed E-state index contributed by atoms with van der Waals surface area (Å²) in [5, 5.41) is 3.37. The van der Waals surface area contributed by atoms with Crippen LogP contribution in [0.1, 0.15) is 12.8 Å². The first-order chi connectivity index (χ1) is 5.88. The van der Waals surface area contributed by atoms with Crippen LogP contribution in [0.25, 0.3) is 0 Å². The molecule has 2 atom stereocenters. The second-order valence-electron chi connectivity index (χ2n) is 3.33. The van der Waals surface area contributed by atoms with Crippen molar-refractivity contribution in [3.05, 3.63) is 0 Å². The molecule has 1 saturated heterocycles. The van der Waals surface area contributed by atoms with Crippen LogP contribution in [-0.4, -0.2) is 38.3 Å². The van der Waals surface area contributed by atoms with Crippen molar-refractivity contribution in [1.29, 1.82) is 0 Å². The first kappa shape index (κ1) is 10.4. The van der Waals surface area contributed by atoms with Gasteiger partial charge in [-0.3, -0.25) is 0 Å². The zero-order chi connectivity index (χ0) is 8.81. The van der Waals surface area contributed by atoms with Gasteiger partial charge < -0.3 is 10.1 Å². The molecule has 12 heavy (non-hydrogen) atoms. The van der Waals surface area contributed by atoms with Crippen LogP contribution < -0.4 is 5.32 Å². The van der Waals surface area contributed by atoms with Gasteiger partial charge in [0.1, 0.15) is 0 Å². The molecule has 3 heteroatoms. The molecule has 0 radical (unpaired) electrons. The lowest BCUT2D eigenvalue weighted by Crippen LogP contribution is -2.40. The highest BCUT2D eigenvalue weighted by molar-refractivity contribution is 7.98. The third-order valence-electron chi connectivity index (χ3n) is 2.48. The standard InChI is InChI=1S/C9H19NOS/c1-10-9(7-12-2)8-4-3-5-11-6-8/h8-10H,3-7H2,1-2H3. The first-order valence-corrected chi connectivity index (χ1v) is 6.01. The number of ether oxygens (including phenoxy) is 1. The van der Waals surface area contributed by atoms with Crippen molar-refractivity contribution in [2.45, 2.75) is 18.9 Å². The van der Waals surface area contributed by atoms with Gasteiger partial charge in [-0.25, -0.2) is 0 Å². The highest BCUT2D eigenvalue weighted by atomic mass is 32.2. The van der Waals surface area contributed by atoms with Crippen molar-refractivity contribution in [1.82, 2.24) is 5.32 Å². The molecule has 1 heterocycles. The smallest absolute Gasteiger partial charge is 0.0509 e. The maximum Gasteiger partial charge on any atom is 0.0509 e.